The lowest BCUT2D eigenvalue weighted by Crippen LogP contribution is -2.14. The number of hydrogen-bond donors (Lipinski definition) is 2. The number of ether oxygens (including phenoxy) is 1. The molecule has 22 heavy (non-hydrogen) atoms. The smallest absolute Gasteiger partial charge is 0.471 e. The van der Waals surface area contributed by atoms with Crippen LogP contribution in [0.1, 0.15) is 5.56 Å². The first kappa shape index (κ1) is 17.0. The molecule has 1 aromatic heterocycles. The van der Waals surface area contributed by atoms with Gasteiger partial charge in [0.15, 0.2) is 0 Å². The van der Waals surface area contributed by atoms with Gasteiger partial charge in [0.2, 0.25) is 0 Å². The quantitative estimate of drug-likeness (QED) is 0.754. The molecule has 8 heteroatoms. The van der Waals surface area contributed by atoms with Crippen molar-refractivity contribution in [1.29, 1.82) is 0 Å². The highest BCUT2D eigenvalue weighted by Crippen LogP contribution is 2.37. The average Bonchev–Trinajstić information content (AvgIpc) is 2.79. The van der Waals surface area contributed by atoms with Gasteiger partial charge in [-0.05, 0) is 44.3 Å². The Labute approximate surface area is 129 Å². The number of aromatic nitrogens is 1. The van der Waals surface area contributed by atoms with Gasteiger partial charge < -0.3 is 24.0 Å². The van der Waals surface area contributed by atoms with Gasteiger partial charge in [-0.25, -0.2) is 4.57 Å². The van der Waals surface area contributed by atoms with Crippen molar-refractivity contribution < 1.29 is 23.6 Å². The van der Waals surface area contributed by atoms with Crippen LogP contribution in [0.15, 0.2) is 24.4 Å². The fourth-order valence-corrected chi connectivity index (χ4v) is 2.54. The lowest BCUT2D eigenvalue weighted by molar-refractivity contribution is 0.156. The molecule has 0 amide bonds. The monoisotopic (exact) mass is 328 g/mol. The van der Waals surface area contributed by atoms with Crippen molar-refractivity contribution in [3.8, 4) is 5.75 Å². The van der Waals surface area contributed by atoms with Crippen LogP contribution < -0.4 is 4.74 Å². The van der Waals surface area contributed by atoms with Crippen LogP contribution in [0, 0.1) is 0 Å². The molecule has 0 atom stereocenters. The Morgan fingerprint density at radius 3 is 2.64 bits per heavy atom. The van der Waals surface area contributed by atoms with Crippen molar-refractivity contribution in [1.82, 2.24) is 9.47 Å². The molecule has 2 aromatic rings. The highest BCUT2D eigenvalue weighted by Gasteiger charge is 2.16. The second-order valence-electron chi connectivity index (χ2n) is 5.31. The first-order valence-corrected chi connectivity index (χ1v) is 8.34. The predicted molar refractivity (Wildman–Crippen MR) is 83.9 cm³/mol. The normalized spacial score (nSPS) is 12.3. The molecule has 2 rings (SSSR count). The van der Waals surface area contributed by atoms with Crippen LogP contribution in [-0.2, 0) is 22.2 Å². The van der Waals surface area contributed by atoms with Gasteiger partial charge >= 0.3 is 7.82 Å². The van der Waals surface area contributed by atoms with Gasteiger partial charge in [0.05, 0.1) is 12.6 Å². The van der Waals surface area contributed by atoms with Gasteiger partial charge in [-0.1, -0.05) is 0 Å². The van der Waals surface area contributed by atoms with Crippen LogP contribution in [0.2, 0.25) is 0 Å². The Bertz CT molecular complexity index is 692. The number of nitrogens with zero attached hydrogens (tertiary/aromatic N) is 2. The van der Waals surface area contributed by atoms with Crippen molar-refractivity contribution >= 4 is 18.7 Å². The summed E-state index contributed by atoms with van der Waals surface area (Å²) in [5.74, 6) is 0.743. The third-order valence-electron chi connectivity index (χ3n) is 3.36. The molecule has 122 valence electrons. The Morgan fingerprint density at radius 2 is 2.05 bits per heavy atom. The van der Waals surface area contributed by atoms with E-state index < -0.39 is 7.82 Å². The molecule has 1 heterocycles. The van der Waals surface area contributed by atoms with Crippen LogP contribution in [0.4, 0.5) is 0 Å². The molecule has 0 fully saturated rings. The highest BCUT2D eigenvalue weighted by atomic mass is 31.2. The SMILES string of the molecule is COc1ccc2c(c1)c(CCN(C)C)cn2COP(=O)(O)O. The van der Waals surface area contributed by atoms with Crippen molar-refractivity contribution in [2.75, 3.05) is 27.7 Å². The maximum absolute atomic E-state index is 10.9. The van der Waals surface area contributed by atoms with Crippen molar-refractivity contribution in [2.45, 2.75) is 13.2 Å². The van der Waals surface area contributed by atoms with E-state index in [2.05, 4.69) is 9.42 Å². The predicted octanol–water partition coefficient (Wildman–Crippen LogP) is 1.82. The standard InChI is InChI=1S/C14H21N2O5P/c1-15(2)7-6-11-9-16(10-21-22(17,18)19)14-5-4-12(20-3)8-13(11)14/h4-5,8-9H,6-7,10H2,1-3H3,(H2,17,18,19). The number of methoxy groups -OCH3 is 1. The van der Waals surface area contributed by atoms with Gasteiger partial charge in [-0.15, -0.1) is 0 Å². The zero-order valence-electron chi connectivity index (χ0n) is 12.9. The van der Waals surface area contributed by atoms with Crippen LogP contribution in [0.25, 0.3) is 10.9 Å². The second-order valence-corrected chi connectivity index (χ2v) is 6.55. The minimum atomic E-state index is -4.50. The largest absolute Gasteiger partial charge is 0.497 e. The maximum atomic E-state index is 10.9. The average molecular weight is 328 g/mol. The number of hydrogen-bond acceptors (Lipinski definition) is 4. The van der Waals surface area contributed by atoms with Gasteiger partial charge in [0.25, 0.3) is 0 Å². The van der Waals surface area contributed by atoms with E-state index in [1.54, 1.807) is 11.7 Å². The summed E-state index contributed by atoms with van der Waals surface area (Å²) in [6, 6.07) is 5.59. The number of benzene rings is 1. The molecule has 2 N–H and O–H groups in total. The summed E-state index contributed by atoms with van der Waals surface area (Å²) in [5.41, 5.74) is 1.93. The molecule has 0 aliphatic carbocycles. The van der Waals surface area contributed by atoms with Gasteiger partial charge in [-0.3, -0.25) is 4.52 Å². The Balaban J connectivity index is 2.37. The summed E-state index contributed by atoms with van der Waals surface area (Å²) in [6.07, 6.45) is 2.68. The Kier molecular flexibility index (Phi) is 5.26. The zero-order valence-corrected chi connectivity index (χ0v) is 13.8. The molecule has 7 nitrogen and oxygen atoms in total. The van der Waals surface area contributed by atoms with Crippen LogP contribution in [0.5, 0.6) is 5.75 Å². The van der Waals surface area contributed by atoms with E-state index in [-0.39, 0.29) is 6.73 Å². The molecule has 0 bridgehead atoms. The van der Waals surface area contributed by atoms with E-state index in [9.17, 15) is 4.57 Å². The van der Waals surface area contributed by atoms with E-state index in [0.29, 0.717) is 0 Å². The number of fused-ring (bicyclic) bond motifs is 1. The fourth-order valence-electron chi connectivity index (χ4n) is 2.26. The summed E-state index contributed by atoms with van der Waals surface area (Å²) in [4.78, 5) is 19.8. The molecule has 0 saturated heterocycles. The lowest BCUT2D eigenvalue weighted by Gasteiger charge is -2.08. The lowest BCUT2D eigenvalue weighted by atomic mass is 10.1. The highest BCUT2D eigenvalue weighted by molar-refractivity contribution is 7.46. The van der Waals surface area contributed by atoms with Crippen LogP contribution in [-0.4, -0.2) is 47.0 Å². The summed E-state index contributed by atoms with van der Waals surface area (Å²) >= 11 is 0. The molecule has 0 aliphatic rings. The summed E-state index contributed by atoms with van der Waals surface area (Å²) < 4.78 is 22.4. The number of rotatable bonds is 7. The van der Waals surface area contributed by atoms with Crippen molar-refractivity contribution in [3.05, 3.63) is 30.0 Å². The molecular formula is C14H21N2O5P. The van der Waals surface area contributed by atoms with Gasteiger partial charge in [-0.2, -0.15) is 0 Å². The molecule has 1 aromatic carbocycles. The van der Waals surface area contributed by atoms with Crippen molar-refractivity contribution in [3.63, 3.8) is 0 Å². The second kappa shape index (κ2) is 6.81. The zero-order chi connectivity index (χ0) is 16.3. The van der Waals surface area contributed by atoms with E-state index in [1.165, 1.54) is 0 Å². The molecule has 0 unspecified atom stereocenters. The summed E-state index contributed by atoms with van der Waals surface area (Å²) in [5, 5.41) is 0.996. The maximum Gasteiger partial charge on any atom is 0.471 e. The Morgan fingerprint density at radius 1 is 1.32 bits per heavy atom. The van der Waals surface area contributed by atoms with Gasteiger partial charge in [0, 0.05) is 18.1 Å². The molecule has 0 saturated carbocycles. The number of likely N-dealkylation sites (N-methyl/N-ethyl adjacent to an activating group) is 1. The van der Waals surface area contributed by atoms with E-state index in [0.717, 1.165) is 35.2 Å². The van der Waals surface area contributed by atoms with Crippen LogP contribution >= 0.6 is 7.82 Å². The van der Waals surface area contributed by atoms with E-state index >= 15 is 0 Å². The van der Waals surface area contributed by atoms with Crippen LogP contribution in [0.3, 0.4) is 0 Å². The minimum Gasteiger partial charge on any atom is -0.497 e. The van der Waals surface area contributed by atoms with Crippen molar-refractivity contribution in [2.24, 2.45) is 0 Å². The fraction of sp³-hybridized carbons (Fsp3) is 0.429. The number of phosphoric acid groups is 1. The summed E-state index contributed by atoms with van der Waals surface area (Å²) in [7, 11) is 1.10. The number of phosphoric ester groups is 1. The summed E-state index contributed by atoms with van der Waals surface area (Å²) in [6.45, 7) is 0.671. The minimum absolute atomic E-state index is 0.199. The molecule has 0 radical (unpaired) electrons. The van der Waals surface area contributed by atoms with E-state index in [4.69, 9.17) is 14.5 Å². The first-order chi connectivity index (χ1) is 10.3. The van der Waals surface area contributed by atoms with Gasteiger partial charge in [0.1, 0.15) is 12.5 Å². The Hall–Kier alpha value is -1.37. The topological polar surface area (TPSA) is 84.2 Å². The third kappa shape index (κ3) is 4.32. The van der Waals surface area contributed by atoms with E-state index in [1.807, 2.05) is 38.5 Å². The third-order valence-corrected chi connectivity index (χ3v) is 3.82. The molecule has 0 aliphatic heterocycles. The first-order valence-electron chi connectivity index (χ1n) is 6.81. The molecular weight excluding hydrogens is 307 g/mol. The molecule has 0 spiro atoms.